The molecule has 3 amide bonds. The molecular weight excluding hydrogens is 234 g/mol. The fourth-order valence-electron chi connectivity index (χ4n) is 2.80. The molecule has 1 heterocycles. The van der Waals surface area contributed by atoms with Crippen molar-refractivity contribution < 1.29 is 14.4 Å². The molecule has 1 aliphatic carbocycles. The number of nitrogens with one attached hydrogen (secondary N) is 1. The third-order valence-electron chi connectivity index (χ3n) is 3.70. The van der Waals surface area contributed by atoms with Gasteiger partial charge in [0.25, 0.3) is 0 Å². The summed E-state index contributed by atoms with van der Waals surface area (Å²) in [5, 5.41) is 2.57. The van der Waals surface area contributed by atoms with Crippen LogP contribution in [0.4, 0.5) is 0 Å². The number of nitrogens with zero attached hydrogens (tertiary/aromatic N) is 1. The van der Waals surface area contributed by atoms with E-state index in [9.17, 15) is 14.4 Å². The van der Waals surface area contributed by atoms with Crippen molar-refractivity contribution >= 4 is 17.7 Å². The number of fused-ring (bicyclic) bond motifs is 1. The molecule has 2 unspecified atom stereocenters. The summed E-state index contributed by atoms with van der Waals surface area (Å²) in [5.74, 6) is -1.04. The number of hydrogen-bond acceptors (Lipinski definition) is 4. The minimum atomic E-state index is -0.319. The molecule has 2 aliphatic rings. The van der Waals surface area contributed by atoms with Crippen molar-refractivity contribution in [3.63, 3.8) is 0 Å². The molecule has 100 valence electrons. The molecule has 2 rings (SSSR count). The third kappa shape index (κ3) is 2.38. The summed E-state index contributed by atoms with van der Waals surface area (Å²) in [6, 6.07) is 0. The number of carbonyl (C=O) groups excluding carboxylic acids is 3. The van der Waals surface area contributed by atoms with Gasteiger partial charge < -0.3 is 11.1 Å². The fourth-order valence-corrected chi connectivity index (χ4v) is 2.80. The van der Waals surface area contributed by atoms with Crippen LogP contribution < -0.4 is 11.1 Å². The SMILES string of the molecule is NCCNC(=O)CN1C(=O)C2CCCCC2C1=O. The highest BCUT2D eigenvalue weighted by atomic mass is 16.2. The van der Waals surface area contributed by atoms with E-state index in [1.54, 1.807) is 0 Å². The molecule has 0 aromatic rings. The lowest BCUT2D eigenvalue weighted by atomic mass is 9.81. The first-order chi connectivity index (χ1) is 8.65. The maximum Gasteiger partial charge on any atom is 0.240 e. The summed E-state index contributed by atoms with van der Waals surface area (Å²) >= 11 is 0. The summed E-state index contributed by atoms with van der Waals surface area (Å²) in [6.45, 7) is 0.547. The number of imide groups is 1. The Hall–Kier alpha value is -1.43. The van der Waals surface area contributed by atoms with Crippen LogP contribution in [-0.4, -0.2) is 42.3 Å². The van der Waals surface area contributed by atoms with Gasteiger partial charge in [-0.3, -0.25) is 19.3 Å². The Morgan fingerprint density at radius 2 is 1.78 bits per heavy atom. The van der Waals surface area contributed by atoms with E-state index in [-0.39, 0.29) is 36.1 Å². The third-order valence-corrected chi connectivity index (χ3v) is 3.70. The quantitative estimate of drug-likeness (QED) is 0.644. The molecule has 1 saturated heterocycles. The van der Waals surface area contributed by atoms with Crippen LogP contribution in [0.15, 0.2) is 0 Å². The van der Waals surface area contributed by atoms with Crippen molar-refractivity contribution in [3.05, 3.63) is 0 Å². The number of likely N-dealkylation sites (tertiary alicyclic amines) is 1. The molecule has 0 spiro atoms. The summed E-state index contributed by atoms with van der Waals surface area (Å²) in [5.41, 5.74) is 5.27. The highest BCUT2D eigenvalue weighted by Crippen LogP contribution is 2.37. The summed E-state index contributed by atoms with van der Waals surface area (Å²) < 4.78 is 0. The monoisotopic (exact) mass is 253 g/mol. The Morgan fingerprint density at radius 3 is 2.28 bits per heavy atom. The van der Waals surface area contributed by atoms with E-state index >= 15 is 0 Å². The van der Waals surface area contributed by atoms with Crippen molar-refractivity contribution in [3.8, 4) is 0 Å². The minimum Gasteiger partial charge on any atom is -0.353 e. The summed E-state index contributed by atoms with van der Waals surface area (Å²) in [4.78, 5) is 36.8. The van der Waals surface area contributed by atoms with E-state index < -0.39 is 0 Å². The van der Waals surface area contributed by atoms with Gasteiger partial charge in [-0.15, -0.1) is 0 Å². The second-order valence-electron chi connectivity index (χ2n) is 4.90. The molecule has 0 bridgehead atoms. The average molecular weight is 253 g/mol. The van der Waals surface area contributed by atoms with Crippen molar-refractivity contribution in [2.75, 3.05) is 19.6 Å². The maximum atomic E-state index is 12.1. The number of rotatable bonds is 4. The van der Waals surface area contributed by atoms with E-state index in [1.807, 2.05) is 0 Å². The van der Waals surface area contributed by atoms with Gasteiger partial charge in [0.15, 0.2) is 0 Å². The van der Waals surface area contributed by atoms with Crippen LogP contribution in [0, 0.1) is 11.8 Å². The van der Waals surface area contributed by atoms with Crippen LogP contribution in [0.25, 0.3) is 0 Å². The van der Waals surface area contributed by atoms with Crippen molar-refractivity contribution in [2.24, 2.45) is 17.6 Å². The maximum absolute atomic E-state index is 12.1. The van der Waals surface area contributed by atoms with Crippen LogP contribution in [0.2, 0.25) is 0 Å². The predicted octanol–water partition coefficient (Wildman–Crippen LogP) is -0.764. The Balaban J connectivity index is 1.98. The zero-order valence-electron chi connectivity index (χ0n) is 10.4. The molecule has 0 aromatic carbocycles. The van der Waals surface area contributed by atoms with Crippen LogP contribution in [0.1, 0.15) is 25.7 Å². The largest absolute Gasteiger partial charge is 0.353 e. The number of carbonyl (C=O) groups is 3. The topological polar surface area (TPSA) is 92.5 Å². The second-order valence-corrected chi connectivity index (χ2v) is 4.90. The molecule has 18 heavy (non-hydrogen) atoms. The molecule has 0 aromatic heterocycles. The molecule has 2 atom stereocenters. The van der Waals surface area contributed by atoms with E-state index in [2.05, 4.69) is 5.32 Å². The Bertz CT molecular complexity index is 346. The number of hydrogen-bond donors (Lipinski definition) is 2. The van der Waals surface area contributed by atoms with Crippen molar-refractivity contribution in [1.82, 2.24) is 10.2 Å². The van der Waals surface area contributed by atoms with E-state index in [0.29, 0.717) is 13.1 Å². The van der Waals surface area contributed by atoms with Crippen LogP contribution in [0.5, 0.6) is 0 Å². The molecule has 1 saturated carbocycles. The Morgan fingerprint density at radius 1 is 1.22 bits per heavy atom. The van der Waals surface area contributed by atoms with Gasteiger partial charge in [0, 0.05) is 13.1 Å². The smallest absolute Gasteiger partial charge is 0.240 e. The van der Waals surface area contributed by atoms with Crippen LogP contribution >= 0.6 is 0 Å². The standard InChI is InChI=1S/C12H19N3O3/c13-5-6-14-10(16)7-15-11(17)8-3-1-2-4-9(8)12(15)18/h8-9H,1-7,13H2,(H,14,16). The first-order valence-corrected chi connectivity index (χ1v) is 6.47. The summed E-state index contributed by atoms with van der Waals surface area (Å²) in [6.07, 6.45) is 3.53. The predicted molar refractivity (Wildman–Crippen MR) is 64.2 cm³/mol. The van der Waals surface area contributed by atoms with Gasteiger partial charge in [0.05, 0.1) is 11.8 Å². The second kappa shape index (κ2) is 5.48. The van der Waals surface area contributed by atoms with Gasteiger partial charge in [-0.2, -0.15) is 0 Å². The average Bonchev–Trinajstić information content (AvgIpc) is 2.62. The molecular formula is C12H19N3O3. The highest BCUT2D eigenvalue weighted by molar-refractivity contribution is 6.07. The minimum absolute atomic E-state index is 0.162. The molecule has 6 nitrogen and oxygen atoms in total. The van der Waals surface area contributed by atoms with E-state index in [0.717, 1.165) is 30.6 Å². The number of amides is 3. The van der Waals surface area contributed by atoms with Crippen molar-refractivity contribution in [1.29, 1.82) is 0 Å². The lowest BCUT2D eigenvalue weighted by Crippen LogP contribution is -2.42. The summed E-state index contributed by atoms with van der Waals surface area (Å²) in [7, 11) is 0. The fraction of sp³-hybridized carbons (Fsp3) is 0.750. The molecule has 1 aliphatic heterocycles. The van der Waals surface area contributed by atoms with Gasteiger partial charge in [-0.1, -0.05) is 12.8 Å². The molecule has 3 N–H and O–H groups in total. The van der Waals surface area contributed by atoms with Gasteiger partial charge in [0.1, 0.15) is 6.54 Å². The van der Waals surface area contributed by atoms with Gasteiger partial charge in [-0.25, -0.2) is 0 Å². The number of nitrogens with two attached hydrogens (primary N) is 1. The van der Waals surface area contributed by atoms with Gasteiger partial charge in [-0.05, 0) is 12.8 Å². The van der Waals surface area contributed by atoms with E-state index in [1.165, 1.54) is 0 Å². The molecule has 2 fully saturated rings. The zero-order chi connectivity index (χ0) is 13.1. The first-order valence-electron chi connectivity index (χ1n) is 6.47. The lowest BCUT2D eigenvalue weighted by Gasteiger charge is -2.19. The molecule has 0 radical (unpaired) electrons. The molecule has 6 heteroatoms. The zero-order valence-corrected chi connectivity index (χ0v) is 10.4. The first kappa shape index (κ1) is 13.0. The lowest BCUT2D eigenvalue weighted by molar-refractivity contribution is -0.143. The Labute approximate surface area is 106 Å². The van der Waals surface area contributed by atoms with Gasteiger partial charge in [0.2, 0.25) is 17.7 Å². The van der Waals surface area contributed by atoms with Gasteiger partial charge >= 0.3 is 0 Å². The van der Waals surface area contributed by atoms with Crippen LogP contribution in [-0.2, 0) is 14.4 Å². The highest BCUT2D eigenvalue weighted by Gasteiger charge is 2.48. The van der Waals surface area contributed by atoms with E-state index in [4.69, 9.17) is 5.73 Å². The Kier molecular flexibility index (Phi) is 3.96. The van der Waals surface area contributed by atoms with Crippen molar-refractivity contribution in [2.45, 2.75) is 25.7 Å². The normalized spacial score (nSPS) is 27.3. The van der Waals surface area contributed by atoms with Crippen LogP contribution in [0.3, 0.4) is 0 Å².